The van der Waals surface area contributed by atoms with Crippen molar-refractivity contribution in [1.29, 1.82) is 0 Å². The predicted octanol–water partition coefficient (Wildman–Crippen LogP) is 5.28. The molecular formula is C31H30N4O3. The van der Waals surface area contributed by atoms with Crippen molar-refractivity contribution in [3.05, 3.63) is 108 Å². The summed E-state index contributed by atoms with van der Waals surface area (Å²) in [6, 6.07) is 22.9. The van der Waals surface area contributed by atoms with Crippen LogP contribution in [0.4, 0.5) is 0 Å². The Hall–Kier alpha value is -4.78. The average molecular weight is 507 g/mol. The molecule has 0 aliphatic carbocycles. The molecule has 0 bridgehead atoms. The number of hydrogen-bond donors (Lipinski definition) is 3. The third-order valence-electron chi connectivity index (χ3n) is 6.66. The molecule has 38 heavy (non-hydrogen) atoms. The fraction of sp³-hybridized carbons (Fsp3) is 0.161. The minimum atomic E-state index is -0.370. The number of aromatic amines is 1. The molecule has 0 saturated carbocycles. The van der Waals surface area contributed by atoms with Gasteiger partial charge in [-0.1, -0.05) is 36.4 Å². The Balaban J connectivity index is 1.40. The van der Waals surface area contributed by atoms with Gasteiger partial charge in [-0.05, 0) is 61.4 Å². The molecule has 192 valence electrons. The number of rotatable bonds is 9. The molecule has 0 radical (unpaired) electrons. The van der Waals surface area contributed by atoms with Gasteiger partial charge >= 0.3 is 0 Å². The van der Waals surface area contributed by atoms with E-state index in [9.17, 15) is 9.59 Å². The lowest BCUT2D eigenvalue weighted by molar-refractivity contribution is -0.117. The van der Waals surface area contributed by atoms with Crippen molar-refractivity contribution in [2.45, 2.75) is 19.9 Å². The number of amides is 2. The van der Waals surface area contributed by atoms with Crippen molar-refractivity contribution < 1.29 is 14.3 Å². The van der Waals surface area contributed by atoms with Gasteiger partial charge in [-0.2, -0.15) is 0 Å². The van der Waals surface area contributed by atoms with Crippen molar-refractivity contribution in [3.8, 4) is 5.75 Å². The normalized spacial score (nSPS) is 11.6. The van der Waals surface area contributed by atoms with Crippen LogP contribution in [0, 0.1) is 0 Å². The largest absolute Gasteiger partial charge is 0.497 e. The van der Waals surface area contributed by atoms with Gasteiger partial charge < -0.3 is 24.9 Å². The van der Waals surface area contributed by atoms with E-state index in [0.717, 1.165) is 39.5 Å². The summed E-state index contributed by atoms with van der Waals surface area (Å²) in [5.74, 6) is -0.0651. The number of carbonyl (C=O) groups excluding carboxylic acids is 2. The molecule has 0 aliphatic heterocycles. The molecule has 2 aromatic heterocycles. The summed E-state index contributed by atoms with van der Waals surface area (Å²) >= 11 is 0. The van der Waals surface area contributed by atoms with E-state index in [0.29, 0.717) is 24.3 Å². The number of nitrogens with one attached hydrogen (secondary N) is 3. The number of fused-ring (bicyclic) bond motifs is 2. The van der Waals surface area contributed by atoms with E-state index in [1.807, 2.05) is 54.9 Å². The summed E-state index contributed by atoms with van der Waals surface area (Å²) in [4.78, 5) is 29.8. The van der Waals surface area contributed by atoms with Crippen LogP contribution in [0.2, 0.25) is 0 Å². The second-order valence-electron chi connectivity index (χ2n) is 8.99. The Morgan fingerprint density at radius 2 is 1.71 bits per heavy atom. The maximum Gasteiger partial charge on any atom is 0.267 e. The number of hydrogen-bond acceptors (Lipinski definition) is 3. The minimum Gasteiger partial charge on any atom is -0.497 e. The van der Waals surface area contributed by atoms with Crippen LogP contribution in [-0.2, 0) is 17.8 Å². The van der Waals surface area contributed by atoms with Crippen LogP contribution in [0.5, 0.6) is 5.75 Å². The van der Waals surface area contributed by atoms with Crippen LogP contribution in [0.25, 0.3) is 27.9 Å². The van der Waals surface area contributed by atoms with E-state index in [-0.39, 0.29) is 17.5 Å². The summed E-state index contributed by atoms with van der Waals surface area (Å²) in [6.45, 7) is 3.29. The van der Waals surface area contributed by atoms with Gasteiger partial charge in [0, 0.05) is 58.4 Å². The second kappa shape index (κ2) is 11.1. The molecule has 0 fully saturated rings. The van der Waals surface area contributed by atoms with E-state index < -0.39 is 0 Å². The Morgan fingerprint density at radius 3 is 2.47 bits per heavy atom. The molecule has 3 aromatic carbocycles. The molecule has 0 atom stereocenters. The number of aromatic nitrogens is 2. The van der Waals surface area contributed by atoms with Crippen LogP contribution >= 0.6 is 0 Å². The van der Waals surface area contributed by atoms with Crippen LogP contribution in [0.3, 0.4) is 0 Å². The van der Waals surface area contributed by atoms with Gasteiger partial charge in [-0.3, -0.25) is 9.59 Å². The smallest absolute Gasteiger partial charge is 0.267 e. The molecule has 0 spiro atoms. The Kier molecular flexibility index (Phi) is 7.26. The molecule has 0 saturated heterocycles. The number of benzene rings is 3. The predicted molar refractivity (Wildman–Crippen MR) is 151 cm³/mol. The maximum atomic E-state index is 13.4. The summed E-state index contributed by atoms with van der Waals surface area (Å²) in [6.07, 6.45) is 6.38. The van der Waals surface area contributed by atoms with Gasteiger partial charge in [-0.25, -0.2) is 0 Å². The highest BCUT2D eigenvalue weighted by atomic mass is 16.5. The van der Waals surface area contributed by atoms with Gasteiger partial charge in [0.2, 0.25) is 0 Å². The lowest BCUT2D eigenvalue weighted by Crippen LogP contribution is -2.35. The van der Waals surface area contributed by atoms with Crippen molar-refractivity contribution in [1.82, 2.24) is 20.2 Å². The zero-order valence-electron chi connectivity index (χ0n) is 21.5. The highest BCUT2D eigenvalue weighted by Gasteiger charge is 2.17. The highest BCUT2D eigenvalue weighted by Crippen LogP contribution is 2.24. The maximum absolute atomic E-state index is 13.4. The van der Waals surface area contributed by atoms with Gasteiger partial charge in [0.15, 0.2) is 0 Å². The summed E-state index contributed by atoms with van der Waals surface area (Å²) in [5, 5.41) is 7.97. The standard InChI is InChI=1S/C31H30N4O3/c1-3-35-20-23(26-9-5-7-11-29(26)35)18-28(34-30(36)21-12-14-24(38-2)15-13-21)31(37)32-17-16-22-19-33-27-10-6-4-8-25(22)27/h4-15,18-20,33H,3,16-17H2,1-2H3,(H,32,37)(H,34,36). The topological polar surface area (TPSA) is 88.2 Å². The molecule has 2 amide bonds. The van der Waals surface area contributed by atoms with Gasteiger partial charge in [0.1, 0.15) is 11.4 Å². The van der Waals surface area contributed by atoms with Crippen LogP contribution in [0.1, 0.15) is 28.4 Å². The van der Waals surface area contributed by atoms with Crippen LogP contribution in [-0.4, -0.2) is 35.0 Å². The van der Waals surface area contributed by atoms with Gasteiger partial charge in [-0.15, -0.1) is 0 Å². The lowest BCUT2D eigenvalue weighted by atomic mass is 10.1. The first-order chi connectivity index (χ1) is 18.6. The van der Waals surface area contributed by atoms with Crippen LogP contribution in [0.15, 0.2) is 90.9 Å². The monoisotopic (exact) mass is 506 g/mol. The molecule has 7 heteroatoms. The van der Waals surface area contributed by atoms with Gasteiger partial charge in [0.25, 0.3) is 11.8 Å². The first kappa shape index (κ1) is 24.9. The number of nitrogens with zero attached hydrogens (tertiary/aromatic N) is 1. The molecule has 3 N–H and O–H groups in total. The fourth-order valence-corrected chi connectivity index (χ4v) is 4.65. The van der Waals surface area contributed by atoms with Crippen molar-refractivity contribution in [2.75, 3.05) is 13.7 Å². The Labute approximate surface area is 221 Å². The van der Waals surface area contributed by atoms with E-state index in [2.05, 4.69) is 33.2 Å². The quantitative estimate of drug-likeness (QED) is 0.238. The third-order valence-corrected chi connectivity index (χ3v) is 6.66. The van der Waals surface area contributed by atoms with E-state index in [1.54, 1.807) is 37.5 Å². The zero-order chi connectivity index (χ0) is 26.5. The molecule has 0 aliphatic rings. The summed E-state index contributed by atoms with van der Waals surface area (Å²) in [7, 11) is 1.57. The molecular weight excluding hydrogens is 476 g/mol. The zero-order valence-corrected chi connectivity index (χ0v) is 21.5. The Bertz CT molecular complexity index is 1630. The lowest BCUT2D eigenvalue weighted by Gasteiger charge is -2.11. The van der Waals surface area contributed by atoms with E-state index >= 15 is 0 Å². The number of para-hydroxylation sites is 2. The van der Waals surface area contributed by atoms with Gasteiger partial charge in [0.05, 0.1) is 7.11 Å². The molecule has 2 heterocycles. The number of methoxy groups -OCH3 is 1. The highest BCUT2D eigenvalue weighted by molar-refractivity contribution is 6.06. The molecule has 7 nitrogen and oxygen atoms in total. The molecule has 5 aromatic rings. The van der Waals surface area contributed by atoms with E-state index in [4.69, 9.17) is 4.74 Å². The summed E-state index contributed by atoms with van der Waals surface area (Å²) < 4.78 is 7.31. The van der Waals surface area contributed by atoms with E-state index in [1.165, 1.54) is 0 Å². The minimum absolute atomic E-state index is 0.184. The van der Waals surface area contributed by atoms with Crippen molar-refractivity contribution in [3.63, 3.8) is 0 Å². The van der Waals surface area contributed by atoms with Crippen molar-refractivity contribution >= 4 is 39.7 Å². The first-order valence-corrected chi connectivity index (χ1v) is 12.7. The molecule has 0 unspecified atom stereocenters. The summed E-state index contributed by atoms with van der Waals surface area (Å²) in [5.41, 5.74) is 4.73. The number of aryl methyl sites for hydroxylation is 1. The van der Waals surface area contributed by atoms with Crippen LogP contribution < -0.4 is 15.4 Å². The number of carbonyl (C=O) groups is 2. The average Bonchev–Trinajstić information content (AvgIpc) is 3.54. The fourth-order valence-electron chi connectivity index (χ4n) is 4.65. The number of ether oxygens (including phenoxy) is 1. The SMILES string of the molecule is CCn1cc(C=C(NC(=O)c2ccc(OC)cc2)C(=O)NCCc2c[nH]c3ccccc23)c2ccccc21. The Morgan fingerprint density at radius 1 is 0.974 bits per heavy atom. The molecule has 5 rings (SSSR count). The third kappa shape index (κ3) is 5.18. The number of H-pyrrole nitrogens is 1. The first-order valence-electron chi connectivity index (χ1n) is 12.7. The van der Waals surface area contributed by atoms with Crippen molar-refractivity contribution in [2.24, 2.45) is 0 Å². The second-order valence-corrected chi connectivity index (χ2v) is 8.99.